The molecule has 1 heterocycles. The summed E-state index contributed by atoms with van der Waals surface area (Å²) < 4.78 is 5.78. The molecule has 1 aromatic rings. The van der Waals surface area contributed by atoms with Crippen molar-refractivity contribution in [3.63, 3.8) is 0 Å². The summed E-state index contributed by atoms with van der Waals surface area (Å²) in [5.74, 6) is 0.961. The van der Waals surface area contributed by atoms with Crippen molar-refractivity contribution in [2.45, 2.75) is 39.0 Å². The quantitative estimate of drug-likeness (QED) is 0.391. The van der Waals surface area contributed by atoms with Crippen LogP contribution >= 0.6 is 0 Å². The van der Waals surface area contributed by atoms with Gasteiger partial charge >= 0.3 is 0 Å². The zero-order chi connectivity index (χ0) is 15.8. The Labute approximate surface area is 131 Å². The summed E-state index contributed by atoms with van der Waals surface area (Å²) in [4.78, 5) is 11.3. The monoisotopic (exact) mass is 304 g/mol. The molecule has 3 N–H and O–H groups in total. The molecule has 0 aliphatic carbocycles. The minimum Gasteiger partial charge on any atom is -0.494 e. The molecule has 120 valence electrons. The van der Waals surface area contributed by atoms with Crippen LogP contribution in [0.5, 0.6) is 5.75 Å². The Morgan fingerprint density at radius 3 is 3.05 bits per heavy atom. The van der Waals surface area contributed by atoms with Crippen molar-refractivity contribution in [1.29, 1.82) is 0 Å². The number of carbonyl (C=O) groups is 1. The number of fused-ring (bicyclic) bond motifs is 1. The van der Waals surface area contributed by atoms with E-state index in [0.29, 0.717) is 13.0 Å². The van der Waals surface area contributed by atoms with Gasteiger partial charge in [0.05, 0.1) is 6.61 Å². The largest absolute Gasteiger partial charge is 0.494 e. The molecule has 6 heteroatoms. The van der Waals surface area contributed by atoms with E-state index in [4.69, 9.17) is 4.74 Å². The topological polar surface area (TPSA) is 74.8 Å². The van der Waals surface area contributed by atoms with Gasteiger partial charge in [-0.05, 0) is 56.4 Å². The first-order valence-electron chi connectivity index (χ1n) is 7.69. The fourth-order valence-corrected chi connectivity index (χ4v) is 2.33. The van der Waals surface area contributed by atoms with Crippen LogP contribution in [0.4, 0.5) is 5.69 Å². The van der Waals surface area contributed by atoms with E-state index in [1.54, 1.807) is 7.05 Å². The number of nitrogens with zero attached hydrogens (tertiary/aromatic N) is 1. The van der Waals surface area contributed by atoms with Gasteiger partial charge in [-0.2, -0.15) is 5.10 Å². The predicted molar refractivity (Wildman–Crippen MR) is 88.0 cm³/mol. The van der Waals surface area contributed by atoms with Crippen molar-refractivity contribution < 1.29 is 9.53 Å². The smallest absolute Gasteiger partial charge is 0.224 e. The molecule has 0 atom stereocenters. The van der Waals surface area contributed by atoms with Crippen molar-refractivity contribution in [3.8, 4) is 5.75 Å². The molecule has 1 aliphatic heterocycles. The van der Waals surface area contributed by atoms with Crippen LogP contribution < -0.4 is 21.0 Å². The molecule has 6 nitrogen and oxygen atoms in total. The maximum atomic E-state index is 11.3. The highest BCUT2D eigenvalue weighted by Crippen LogP contribution is 2.26. The summed E-state index contributed by atoms with van der Waals surface area (Å²) in [6.07, 6.45) is 4.32. The highest BCUT2D eigenvalue weighted by molar-refractivity contribution is 5.94. The number of anilines is 1. The highest BCUT2D eigenvalue weighted by atomic mass is 16.5. The Balaban J connectivity index is 1.70. The van der Waals surface area contributed by atoms with Crippen LogP contribution in [0, 0.1) is 0 Å². The maximum Gasteiger partial charge on any atom is 0.224 e. The summed E-state index contributed by atoms with van der Waals surface area (Å²) in [5, 5.41) is 7.01. The lowest BCUT2D eigenvalue weighted by Crippen LogP contribution is -2.22. The molecule has 0 saturated heterocycles. The van der Waals surface area contributed by atoms with Gasteiger partial charge in [0, 0.05) is 24.9 Å². The molecule has 0 fully saturated rings. The lowest BCUT2D eigenvalue weighted by atomic mass is 10.0. The van der Waals surface area contributed by atoms with Gasteiger partial charge in [0.1, 0.15) is 5.75 Å². The number of carbonyl (C=O) groups excluding carboxylic acids is 1. The van der Waals surface area contributed by atoms with E-state index in [9.17, 15) is 4.79 Å². The summed E-state index contributed by atoms with van der Waals surface area (Å²) in [6, 6.07) is 5.86. The number of aryl methyl sites for hydroxylation is 1. The average Bonchev–Trinajstić information content (AvgIpc) is 2.52. The first-order chi connectivity index (χ1) is 10.7. The number of ether oxygens (including phenoxy) is 1. The first-order valence-corrected chi connectivity index (χ1v) is 7.69. The average molecular weight is 304 g/mol. The SMILES string of the molecule is CNN/N=C(\C)CCCCOc1ccc2c(c1)CCC(=O)N2. The molecular weight excluding hydrogens is 280 g/mol. The standard InChI is InChI=1S/C16H24N4O2/c1-12(19-20-17-2)5-3-4-10-22-14-7-8-15-13(11-14)6-9-16(21)18-15/h7-8,11,17,20H,3-6,9-10H2,1-2H3,(H,18,21)/b19-12+. The summed E-state index contributed by atoms with van der Waals surface area (Å²) >= 11 is 0. The zero-order valence-electron chi connectivity index (χ0n) is 13.2. The van der Waals surface area contributed by atoms with Gasteiger partial charge in [-0.3, -0.25) is 4.79 Å². The molecule has 22 heavy (non-hydrogen) atoms. The second kappa shape index (κ2) is 8.38. The van der Waals surface area contributed by atoms with Gasteiger partial charge < -0.3 is 10.1 Å². The lowest BCUT2D eigenvalue weighted by molar-refractivity contribution is -0.116. The van der Waals surface area contributed by atoms with Crippen LogP contribution in [-0.2, 0) is 11.2 Å². The number of hydrazone groups is 1. The molecule has 1 amide bonds. The predicted octanol–water partition coefficient (Wildman–Crippen LogP) is 2.22. The van der Waals surface area contributed by atoms with Crippen LogP contribution in [0.3, 0.4) is 0 Å². The highest BCUT2D eigenvalue weighted by Gasteiger charge is 2.14. The van der Waals surface area contributed by atoms with E-state index in [2.05, 4.69) is 21.4 Å². The number of hydrazine groups is 1. The molecule has 2 rings (SSSR count). The van der Waals surface area contributed by atoms with Gasteiger partial charge in [-0.15, -0.1) is 0 Å². The molecule has 0 saturated carbocycles. The fraction of sp³-hybridized carbons (Fsp3) is 0.500. The van der Waals surface area contributed by atoms with Crippen molar-refractivity contribution in [2.75, 3.05) is 19.0 Å². The van der Waals surface area contributed by atoms with Crippen LogP contribution in [0.2, 0.25) is 0 Å². The Hall–Kier alpha value is -2.08. The Kier molecular flexibility index (Phi) is 6.21. The van der Waals surface area contributed by atoms with Gasteiger partial charge in [0.15, 0.2) is 0 Å². The van der Waals surface area contributed by atoms with E-state index < -0.39 is 0 Å². The van der Waals surface area contributed by atoms with Gasteiger partial charge in [0.2, 0.25) is 5.91 Å². The Bertz CT molecular complexity index is 543. The number of hydrogen-bond acceptors (Lipinski definition) is 5. The van der Waals surface area contributed by atoms with Gasteiger partial charge in [-0.25, -0.2) is 11.0 Å². The second-order valence-electron chi connectivity index (χ2n) is 5.38. The Morgan fingerprint density at radius 2 is 2.23 bits per heavy atom. The van der Waals surface area contributed by atoms with Crippen molar-refractivity contribution in [3.05, 3.63) is 23.8 Å². The number of amides is 1. The molecule has 0 aromatic heterocycles. The van der Waals surface area contributed by atoms with Gasteiger partial charge in [-0.1, -0.05) is 0 Å². The first kappa shape index (κ1) is 16.3. The van der Waals surface area contributed by atoms with Crippen LogP contribution in [0.15, 0.2) is 23.3 Å². The summed E-state index contributed by atoms with van der Waals surface area (Å²) in [7, 11) is 1.79. The molecule has 1 aromatic carbocycles. The van der Waals surface area contributed by atoms with E-state index >= 15 is 0 Å². The third kappa shape index (κ3) is 5.04. The molecular formula is C16H24N4O2. The molecule has 0 spiro atoms. The van der Waals surface area contributed by atoms with E-state index in [1.165, 1.54) is 0 Å². The summed E-state index contributed by atoms with van der Waals surface area (Å²) in [5.41, 5.74) is 8.61. The number of nitrogens with one attached hydrogen (secondary N) is 3. The van der Waals surface area contributed by atoms with E-state index in [-0.39, 0.29) is 5.91 Å². The second-order valence-corrected chi connectivity index (χ2v) is 5.38. The zero-order valence-corrected chi connectivity index (χ0v) is 13.2. The lowest BCUT2D eigenvalue weighted by Gasteiger charge is -2.17. The number of hydrogen-bond donors (Lipinski definition) is 3. The third-order valence-corrected chi connectivity index (χ3v) is 3.53. The van der Waals surface area contributed by atoms with Gasteiger partial charge in [0.25, 0.3) is 0 Å². The van der Waals surface area contributed by atoms with Crippen LogP contribution in [0.1, 0.15) is 38.2 Å². The van der Waals surface area contributed by atoms with Crippen molar-refractivity contribution >= 4 is 17.3 Å². The molecule has 0 radical (unpaired) electrons. The minimum atomic E-state index is 0.0889. The number of unbranched alkanes of at least 4 members (excludes halogenated alkanes) is 1. The van der Waals surface area contributed by atoms with Crippen LogP contribution in [0.25, 0.3) is 0 Å². The van der Waals surface area contributed by atoms with E-state index in [1.807, 2.05) is 25.1 Å². The number of benzene rings is 1. The molecule has 0 bridgehead atoms. The molecule has 0 unspecified atom stereocenters. The maximum absolute atomic E-state index is 11.3. The van der Waals surface area contributed by atoms with Crippen LogP contribution in [-0.4, -0.2) is 25.3 Å². The van der Waals surface area contributed by atoms with Crippen molar-refractivity contribution in [2.24, 2.45) is 5.10 Å². The summed E-state index contributed by atoms with van der Waals surface area (Å²) in [6.45, 7) is 2.70. The normalized spacial score (nSPS) is 14.3. The Morgan fingerprint density at radius 1 is 1.36 bits per heavy atom. The molecule has 1 aliphatic rings. The minimum absolute atomic E-state index is 0.0889. The number of rotatable bonds is 8. The van der Waals surface area contributed by atoms with E-state index in [0.717, 1.165) is 48.4 Å². The third-order valence-electron chi connectivity index (χ3n) is 3.53. The van der Waals surface area contributed by atoms with Crippen molar-refractivity contribution in [1.82, 2.24) is 11.0 Å². The fourth-order valence-electron chi connectivity index (χ4n) is 2.33.